The number of fused-ring (bicyclic) bond motifs is 2. The van der Waals surface area contributed by atoms with E-state index in [-0.39, 0.29) is 0 Å². The Morgan fingerprint density at radius 1 is 1.00 bits per heavy atom. The van der Waals surface area contributed by atoms with Gasteiger partial charge in [-0.25, -0.2) is 4.98 Å². The highest BCUT2D eigenvalue weighted by Crippen LogP contribution is 2.33. The van der Waals surface area contributed by atoms with Crippen molar-refractivity contribution in [1.82, 2.24) is 15.0 Å². The molecule has 0 unspecified atom stereocenters. The molecule has 3 N–H and O–H groups in total. The molecule has 0 saturated carbocycles. The van der Waals surface area contributed by atoms with Crippen molar-refractivity contribution in [2.75, 3.05) is 5.73 Å². The van der Waals surface area contributed by atoms with Crippen molar-refractivity contribution in [2.24, 2.45) is 0 Å². The number of nitrogens with one attached hydrogen (secondary N) is 1. The van der Waals surface area contributed by atoms with E-state index in [2.05, 4.69) is 15.0 Å². The summed E-state index contributed by atoms with van der Waals surface area (Å²) in [4.78, 5) is 13.4. The van der Waals surface area contributed by atoms with Gasteiger partial charge in [0.25, 0.3) is 0 Å². The van der Waals surface area contributed by atoms with E-state index in [1.807, 2.05) is 48.5 Å². The predicted molar refractivity (Wildman–Crippen MR) is 86.4 cm³/mol. The van der Waals surface area contributed by atoms with Crippen LogP contribution in [0.2, 0.25) is 0 Å². The van der Waals surface area contributed by atoms with Crippen molar-refractivity contribution < 1.29 is 0 Å². The first-order chi connectivity index (χ1) is 10.3. The number of para-hydroxylation sites is 3. The van der Waals surface area contributed by atoms with Crippen LogP contribution in [0, 0.1) is 0 Å². The fourth-order valence-electron chi connectivity index (χ4n) is 2.34. The molecule has 0 atom stereocenters. The average Bonchev–Trinajstić information content (AvgIpc) is 2.90. The van der Waals surface area contributed by atoms with Crippen molar-refractivity contribution in [3.8, 4) is 0 Å². The molecule has 0 aliphatic carbocycles. The minimum absolute atomic E-state index is 0.694. The lowest BCUT2D eigenvalue weighted by Crippen LogP contribution is -1.90. The molecule has 4 nitrogen and oxygen atoms in total. The molecule has 0 amide bonds. The van der Waals surface area contributed by atoms with Gasteiger partial charge in [-0.15, -0.1) is 0 Å². The molecule has 102 valence electrons. The largest absolute Gasteiger partial charge is 0.397 e. The average molecular weight is 292 g/mol. The van der Waals surface area contributed by atoms with Gasteiger partial charge in [0.1, 0.15) is 0 Å². The molecule has 0 saturated heterocycles. The van der Waals surface area contributed by atoms with Crippen molar-refractivity contribution in [1.29, 1.82) is 0 Å². The molecule has 0 bridgehead atoms. The SMILES string of the molecule is Nc1cccc2c(Sc3nc4ccccc4[nH]3)ccnc12. The number of rotatable bonds is 2. The van der Waals surface area contributed by atoms with E-state index >= 15 is 0 Å². The number of pyridine rings is 1. The number of nitrogen functional groups attached to an aromatic ring is 1. The van der Waals surface area contributed by atoms with E-state index in [0.717, 1.165) is 32.0 Å². The Balaban J connectivity index is 1.82. The summed E-state index contributed by atoms with van der Waals surface area (Å²) in [5.74, 6) is 0. The van der Waals surface area contributed by atoms with Crippen LogP contribution in [-0.2, 0) is 0 Å². The molecule has 2 heterocycles. The summed E-state index contributed by atoms with van der Waals surface area (Å²) in [6.07, 6.45) is 1.78. The highest BCUT2D eigenvalue weighted by Gasteiger charge is 2.08. The molecular formula is C16H12N4S. The second kappa shape index (κ2) is 4.79. The van der Waals surface area contributed by atoms with E-state index in [0.29, 0.717) is 5.69 Å². The lowest BCUT2D eigenvalue weighted by atomic mass is 10.2. The predicted octanol–water partition coefficient (Wildman–Crippen LogP) is 3.84. The van der Waals surface area contributed by atoms with Crippen molar-refractivity contribution in [3.63, 3.8) is 0 Å². The fourth-order valence-corrected chi connectivity index (χ4v) is 3.26. The number of nitrogens with two attached hydrogens (primary N) is 1. The monoisotopic (exact) mass is 292 g/mol. The zero-order valence-corrected chi connectivity index (χ0v) is 11.9. The Kier molecular flexibility index (Phi) is 2.79. The molecule has 0 radical (unpaired) electrons. The van der Waals surface area contributed by atoms with Gasteiger partial charge in [-0.3, -0.25) is 4.98 Å². The van der Waals surface area contributed by atoms with Crippen LogP contribution in [0.1, 0.15) is 0 Å². The van der Waals surface area contributed by atoms with Gasteiger partial charge in [0, 0.05) is 16.5 Å². The molecular weight excluding hydrogens is 280 g/mol. The summed E-state index contributed by atoms with van der Waals surface area (Å²) in [5.41, 5.74) is 9.52. The Morgan fingerprint density at radius 3 is 2.81 bits per heavy atom. The maximum Gasteiger partial charge on any atom is 0.171 e. The maximum atomic E-state index is 5.98. The summed E-state index contributed by atoms with van der Waals surface area (Å²) in [6, 6.07) is 15.8. The van der Waals surface area contributed by atoms with Gasteiger partial charge in [0.15, 0.2) is 5.16 Å². The first-order valence-electron chi connectivity index (χ1n) is 6.57. The van der Waals surface area contributed by atoms with Crippen LogP contribution < -0.4 is 5.73 Å². The third-order valence-corrected chi connectivity index (χ3v) is 4.30. The molecule has 0 aliphatic heterocycles. The third-order valence-electron chi connectivity index (χ3n) is 3.34. The zero-order valence-electron chi connectivity index (χ0n) is 11.1. The molecule has 0 aliphatic rings. The number of aromatic amines is 1. The van der Waals surface area contributed by atoms with Gasteiger partial charge < -0.3 is 10.7 Å². The van der Waals surface area contributed by atoms with Crippen molar-refractivity contribution >= 4 is 39.4 Å². The van der Waals surface area contributed by atoms with E-state index in [9.17, 15) is 0 Å². The number of aromatic nitrogens is 3. The first kappa shape index (κ1) is 12.2. The highest BCUT2D eigenvalue weighted by molar-refractivity contribution is 7.99. The molecule has 21 heavy (non-hydrogen) atoms. The Bertz CT molecular complexity index is 912. The molecule has 2 aromatic heterocycles. The summed E-state index contributed by atoms with van der Waals surface area (Å²) in [6.45, 7) is 0. The smallest absolute Gasteiger partial charge is 0.171 e. The van der Waals surface area contributed by atoms with Crippen LogP contribution in [0.3, 0.4) is 0 Å². The highest BCUT2D eigenvalue weighted by atomic mass is 32.2. The number of hydrogen-bond acceptors (Lipinski definition) is 4. The Hall–Kier alpha value is -2.53. The van der Waals surface area contributed by atoms with E-state index < -0.39 is 0 Å². The second-order valence-electron chi connectivity index (χ2n) is 4.71. The van der Waals surface area contributed by atoms with Gasteiger partial charge in [0.2, 0.25) is 0 Å². The summed E-state index contributed by atoms with van der Waals surface area (Å²) in [5, 5.41) is 1.91. The van der Waals surface area contributed by atoms with Gasteiger partial charge in [-0.1, -0.05) is 36.0 Å². The molecule has 4 aromatic rings. The van der Waals surface area contributed by atoms with Gasteiger partial charge in [-0.2, -0.15) is 0 Å². The topological polar surface area (TPSA) is 67.6 Å². The Morgan fingerprint density at radius 2 is 1.90 bits per heavy atom. The minimum Gasteiger partial charge on any atom is -0.397 e. The third kappa shape index (κ3) is 2.11. The van der Waals surface area contributed by atoms with Gasteiger partial charge in [-0.05, 0) is 24.3 Å². The first-order valence-corrected chi connectivity index (χ1v) is 7.39. The van der Waals surface area contributed by atoms with Gasteiger partial charge >= 0.3 is 0 Å². The summed E-state index contributed by atoms with van der Waals surface area (Å²) >= 11 is 1.59. The maximum absolute atomic E-state index is 5.98. The summed E-state index contributed by atoms with van der Waals surface area (Å²) < 4.78 is 0. The number of imidazole rings is 1. The van der Waals surface area contributed by atoms with E-state index in [1.54, 1.807) is 18.0 Å². The van der Waals surface area contributed by atoms with Crippen molar-refractivity contribution in [2.45, 2.75) is 10.1 Å². The van der Waals surface area contributed by atoms with Crippen LogP contribution in [-0.4, -0.2) is 15.0 Å². The lowest BCUT2D eigenvalue weighted by molar-refractivity contribution is 1.08. The molecule has 2 aromatic carbocycles. The molecule has 4 rings (SSSR count). The van der Waals surface area contributed by atoms with Crippen molar-refractivity contribution in [3.05, 3.63) is 54.7 Å². The standard InChI is InChI=1S/C16H12N4S/c17-11-5-3-4-10-14(8-9-18-15(10)11)21-16-19-12-6-1-2-7-13(12)20-16/h1-9H,17H2,(H,19,20). The lowest BCUT2D eigenvalue weighted by Gasteiger charge is -2.05. The number of anilines is 1. The van der Waals surface area contributed by atoms with Crippen LogP contribution in [0.15, 0.2) is 64.8 Å². The van der Waals surface area contributed by atoms with Crippen LogP contribution in [0.5, 0.6) is 0 Å². The fraction of sp³-hybridized carbons (Fsp3) is 0. The number of H-pyrrole nitrogens is 1. The molecule has 0 fully saturated rings. The van der Waals surface area contributed by atoms with E-state index in [4.69, 9.17) is 5.73 Å². The van der Waals surface area contributed by atoms with Crippen LogP contribution in [0.25, 0.3) is 21.9 Å². The minimum atomic E-state index is 0.694. The summed E-state index contributed by atoms with van der Waals surface area (Å²) in [7, 11) is 0. The number of hydrogen-bond donors (Lipinski definition) is 2. The number of benzene rings is 2. The number of nitrogens with zero attached hydrogens (tertiary/aromatic N) is 2. The van der Waals surface area contributed by atoms with E-state index in [1.165, 1.54) is 0 Å². The Labute approximate surface area is 125 Å². The zero-order chi connectivity index (χ0) is 14.2. The van der Waals surface area contributed by atoms with Crippen LogP contribution >= 0.6 is 11.8 Å². The quantitative estimate of drug-likeness (QED) is 0.551. The molecule has 5 heteroatoms. The normalized spacial score (nSPS) is 11.2. The molecule has 0 spiro atoms. The van der Waals surface area contributed by atoms with Crippen LogP contribution in [0.4, 0.5) is 5.69 Å². The second-order valence-corrected chi connectivity index (χ2v) is 5.74. The van der Waals surface area contributed by atoms with Gasteiger partial charge in [0.05, 0.1) is 22.2 Å².